The van der Waals surface area contributed by atoms with Gasteiger partial charge in [-0.25, -0.2) is 9.38 Å². The van der Waals surface area contributed by atoms with E-state index in [4.69, 9.17) is 5.73 Å². The minimum atomic E-state index is -0.998. The van der Waals surface area contributed by atoms with Crippen molar-refractivity contribution in [1.82, 2.24) is 4.90 Å². The van der Waals surface area contributed by atoms with Gasteiger partial charge in [-0.3, -0.25) is 14.5 Å². The fourth-order valence-electron chi connectivity index (χ4n) is 5.49. The highest BCUT2D eigenvalue weighted by molar-refractivity contribution is 6.04. The summed E-state index contributed by atoms with van der Waals surface area (Å²) in [6.07, 6.45) is 1.10. The summed E-state index contributed by atoms with van der Waals surface area (Å²) in [7, 11) is 1.58. The molecule has 0 aromatic heterocycles. The van der Waals surface area contributed by atoms with Crippen molar-refractivity contribution in [3.05, 3.63) is 65.0 Å². The second-order valence-electron chi connectivity index (χ2n) is 9.25. The molecule has 2 aromatic carbocycles. The van der Waals surface area contributed by atoms with Crippen molar-refractivity contribution in [2.45, 2.75) is 43.7 Å². The van der Waals surface area contributed by atoms with Gasteiger partial charge < -0.3 is 16.2 Å². The van der Waals surface area contributed by atoms with E-state index in [9.17, 15) is 19.1 Å². The number of halogens is 1. The Morgan fingerprint density at radius 3 is 2.75 bits per heavy atom. The van der Waals surface area contributed by atoms with Crippen LogP contribution in [0.4, 0.5) is 10.1 Å². The van der Waals surface area contributed by atoms with Crippen LogP contribution >= 0.6 is 0 Å². The number of fused-ring (bicyclic) bond motifs is 2. The van der Waals surface area contributed by atoms with Crippen LogP contribution in [-0.2, 0) is 15.1 Å². The van der Waals surface area contributed by atoms with Gasteiger partial charge in [-0.15, -0.1) is 0 Å². The number of benzene rings is 2. The Balaban J connectivity index is 1.48. The largest absolute Gasteiger partial charge is 0.481 e. The van der Waals surface area contributed by atoms with Crippen molar-refractivity contribution < 1.29 is 19.1 Å². The predicted molar refractivity (Wildman–Crippen MR) is 118 cm³/mol. The topological polar surface area (TPSA) is 108 Å². The molecule has 2 aliphatic carbocycles. The molecule has 32 heavy (non-hydrogen) atoms. The fourth-order valence-corrected chi connectivity index (χ4v) is 5.49. The molecule has 3 unspecified atom stereocenters. The standard InChI is InChI=1S/C24H25FN4O3/c1-23-12-24(23,28-22(26)29(2)21(23)32)17-11-14(7-8-18(17)25)27-19-9-13(10-20(30)31)15-5-3-4-6-16(15)19/h3-8,11,13,19,27H,9-10,12H2,1-2H3,(H2,26,28)(H,30,31)/t13?,19?,23?,24-/m1/s1. The van der Waals surface area contributed by atoms with Gasteiger partial charge in [0.05, 0.1) is 17.9 Å². The van der Waals surface area contributed by atoms with Crippen LogP contribution in [-0.4, -0.2) is 34.9 Å². The molecule has 0 radical (unpaired) electrons. The third-order valence-electron chi connectivity index (χ3n) is 7.33. The average molecular weight is 436 g/mol. The number of anilines is 1. The molecule has 7 nitrogen and oxygen atoms in total. The van der Waals surface area contributed by atoms with Crippen LogP contribution in [0, 0.1) is 11.2 Å². The van der Waals surface area contributed by atoms with Gasteiger partial charge in [0.2, 0.25) is 5.91 Å². The average Bonchev–Trinajstić information content (AvgIpc) is 3.24. The molecule has 2 aromatic rings. The van der Waals surface area contributed by atoms with Crippen LogP contribution in [0.1, 0.15) is 54.8 Å². The lowest BCUT2D eigenvalue weighted by molar-refractivity contribution is -0.137. The van der Waals surface area contributed by atoms with Gasteiger partial charge in [-0.05, 0) is 55.0 Å². The fraction of sp³-hybridized carbons (Fsp3) is 0.375. The molecule has 8 heteroatoms. The second-order valence-corrected chi connectivity index (χ2v) is 9.25. The van der Waals surface area contributed by atoms with E-state index in [2.05, 4.69) is 10.3 Å². The lowest BCUT2D eigenvalue weighted by Gasteiger charge is -2.30. The third kappa shape index (κ3) is 2.82. The molecule has 1 aliphatic heterocycles. The molecule has 5 rings (SSSR count). The molecule has 4 atom stereocenters. The number of carbonyl (C=O) groups excluding carboxylic acids is 1. The highest BCUT2D eigenvalue weighted by atomic mass is 19.1. The number of nitrogens with zero attached hydrogens (tertiary/aromatic N) is 2. The van der Waals surface area contributed by atoms with Gasteiger partial charge in [0.25, 0.3) is 0 Å². The van der Waals surface area contributed by atoms with Crippen LogP contribution in [0.15, 0.2) is 47.5 Å². The molecule has 4 N–H and O–H groups in total. The Bertz CT molecular complexity index is 1180. The molecule has 0 saturated heterocycles. The van der Waals surface area contributed by atoms with Crippen LogP contribution in [0.5, 0.6) is 0 Å². The zero-order chi connectivity index (χ0) is 22.8. The Kier molecular flexibility index (Phi) is 4.34. The number of nitrogens with two attached hydrogens (primary N) is 1. The van der Waals surface area contributed by atoms with Gasteiger partial charge in [0, 0.05) is 18.3 Å². The van der Waals surface area contributed by atoms with Crippen molar-refractivity contribution in [3.8, 4) is 0 Å². The first kappa shape index (κ1) is 20.5. The monoisotopic (exact) mass is 436 g/mol. The first-order chi connectivity index (χ1) is 15.2. The van der Waals surface area contributed by atoms with E-state index >= 15 is 0 Å². The quantitative estimate of drug-likeness (QED) is 0.666. The van der Waals surface area contributed by atoms with E-state index < -0.39 is 22.7 Å². The molecule has 166 valence electrons. The summed E-state index contributed by atoms with van der Waals surface area (Å²) in [5.41, 5.74) is 7.27. The Morgan fingerprint density at radius 1 is 1.31 bits per heavy atom. The minimum Gasteiger partial charge on any atom is -0.481 e. The predicted octanol–water partition coefficient (Wildman–Crippen LogP) is 3.33. The number of carboxylic acid groups (broad SMARTS) is 1. The third-order valence-corrected chi connectivity index (χ3v) is 7.33. The minimum absolute atomic E-state index is 0.0644. The number of guanidine groups is 1. The number of hydrogen-bond donors (Lipinski definition) is 3. The van der Waals surface area contributed by atoms with E-state index in [0.29, 0.717) is 24.1 Å². The number of carbonyl (C=O) groups is 2. The van der Waals surface area contributed by atoms with Crippen LogP contribution < -0.4 is 11.1 Å². The summed E-state index contributed by atoms with van der Waals surface area (Å²) in [5.74, 6) is -1.41. The molecule has 3 aliphatic rings. The summed E-state index contributed by atoms with van der Waals surface area (Å²) in [6.45, 7) is 1.80. The van der Waals surface area contributed by atoms with Crippen molar-refractivity contribution in [2.75, 3.05) is 12.4 Å². The van der Waals surface area contributed by atoms with E-state index in [-0.39, 0.29) is 30.2 Å². The maximum absolute atomic E-state index is 15.0. The first-order valence-corrected chi connectivity index (χ1v) is 10.7. The highest BCUT2D eigenvalue weighted by Crippen LogP contribution is 2.68. The van der Waals surface area contributed by atoms with Crippen molar-refractivity contribution in [3.63, 3.8) is 0 Å². The molecule has 1 saturated carbocycles. The normalized spacial score (nSPS) is 30.4. The lowest BCUT2D eigenvalue weighted by Crippen LogP contribution is -2.48. The van der Waals surface area contributed by atoms with E-state index in [1.165, 1.54) is 11.0 Å². The summed E-state index contributed by atoms with van der Waals surface area (Å²) in [5, 5.41) is 12.7. The lowest BCUT2D eigenvalue weighted by atomic mass is 9.91. The summed E-state index contributed by atoms with van der Waals surface area (Å²) in [6, 6.07) is 12.5. The maximum atomic E-state index is 15.0. The Hall–Kier alpha value is -3.42. The molecular weight excluding hydrogens is 411 g/mol. The molecular formula is C24H25FN4O3. The van der Waals surface area contributed by atoms with E-state index in [1.807, 2.05) is 24.3 Å². The zero-order valence-corrected chi connectivity index (χ0v) is 17.9. The maximum Gasteiger partial charge on any atom is 0.303 e. The van der Waals surface area contributed by atoms with Crippen molar-refractivity contribution >= 4 is 23.5 Å². The summed E-state index contributed by atoms with van der Waals surface area (Å²) < 4.78 is 15.0. The molecule has 1 amide bonds. The van der Waals surface area contributed by atoms with E-state index in [0.717, 1.165) is 11.1 Å². The van der Waals surface area contributed by atoms with Gasteiger partial charge >= 0.3 is 5.97 Å². The second kappa shape index (κ2) is 6.79. The SMILES string of the molecule is CN1C(=O)C2(C)C[C@]2(c2cc(NC3CC(CC(=O)O)c4ccccc43)ccc2F)N=C1N. The first-order valence-electron chi connectivity index (χ1n) is 10.7. The van der Waals surface area contributed by atoms with Crippen molar-refractivity contribution in [2.24, 2.45) is 16.1 Å². The van der Waals surface area contributed by atoms with Crippen molar-refractivity contribution in [1.29, 1.82) is 0 Å². The summed E-state index contributed by atoms with van der Waals surface area (Å²) >= 11 is 0. The van der Waals surface area contributed by atoms with Gasteiger partial charge in [0.1, 0.15) is 11.4 Å². The Labute approximate surface area is 185 Å². The van der Waals surface area contributed by atoms with Crippen LogP contribution in [0.25, 0.3) is 0 Å². The number of carboxylic acids is 1. The highest BCUT2D eigenvalue weighted by Gasteiger charge is 2.74. The number of rotatable bonds is 5. The molecule has 1 fully saturated rings. The number of amides is 1. The number of aliphatic imine (C=N–C) groups is 1. The van der Waals surface area contributed by atoms with Gasteiger partial charge in [-0.1, -0.05) is 24.3 Å². The number of aliphatic carboxylic acids is 1. The number of nitrogens with one attached hydrogen (secondary N) is 1. The molecule has 0 spiro atoms. The van der Waals surface area contributed by atoms with E-state index in [1.54, 1.807) is 26.1 Å². The smallest absolute Gasteiger partial charge is 0.303 e. The van der Waals surface area contributed by atoms with Crippen LogP contribution in [0.3, 0.4) is 0 Å². The van der Waals surface area contributed by atoms with Gasteiger partial charge in [0.15, 0.2) is 5.96 Å². The molecule has 1 heterocycles. The molecule has 0 bridgehead atoms. The Morgan fingerprint density at radius 2 is 2.03 bits per heavy atom. The zero-order valence-electron chi connectivity index (χ0n) is 17.9. The number of hydrogen-bond acceptors (Lipinski definition) is 5. The van der Waals surface area contributed by atoms with Crippen LogP contribution in [0.2, 0.25) is 0 Å². The summed E-state index contributed by atoms with van der Waals surface area (Å²) in [4.78, 5) is 30.0. The van der Waals surface area contributed by atoms with Gasteiger partial charge in [-0.2, -0.15) is 0 Å².